The van der Waals surface area contributed by atoms with E-state index in [4.69, 9.17) is 17.3 Å². The van der Waals surface area contributed by atoms with Crippen LogP contribution in [0.5, 0.6) is 0 Å². The van der Waals surface area contributed by atoms with Crippen LogP contribution in [0, 0.1) is 12.7 Å². The minimum absolute atomic E-state index is 0.218. The largest absolute Gasteiger partial charge is 0.398 e. The maximum atomic E-state index is 13.5. The molecule has 0 aliphatic heterocycles. The first-order valence-corrected chi connectivity index (χ1v) is 5.98. The summed E-state index contributed by atoms with van der Waals surface area (Å²) in [5.41, 5.74) is 8.70. The van der Waals surface area contributed by atoms with Crippen LogP contribution in [0.15, 0.2) is 36.4 Å². The lowest BCUT2D eigenvalue weighted by Crippen LogP contribution is -2.03. The molecule has 2 rings (SSSR count). The Labute approximate surface area is 111 Å². The van der Waals surface area contributed by atoms with E-state index in [1.54, 1.807) is 24.3 Å². The van der Waals surface area contributed by atoms with Crippen molar-refractivity contribution in [3.05, 3.63) is 58.4 Å². The molecule has 0 atom stereocenters. The third-order valence-corrected chi connectivity index (χ3v) is 3.10. The summed E-state index contributed by atoms with van der Waals surface area (Å²) in [5.74, 6) is -0.218. The normalized spacial score (nSPS) is 10.4. The molecular formula is C14H14ClFN2. The highest BCUT2D eigenvalue weighted by molar-refractivity contribution is 6.33. The Balaban J connectivity index is 2.16. The van der Waals surface area contributed by atoms with Crippen LogP contribution in [0.25, 0.3) is 0 Å². The molecule has 0 fully saturated rings. The van der Waals surface area contributed by atoms with Gasteiger partial charge in [-0.25, -0.2) is 4.39 Å². The van der Waals surface area contributed by atoms with Crippen LogP contribution in [0.4, 0.5) is 15.8 Å². The van der Waals surface area contributed by atoms with E-state index in [0.29, 0.717) is 22.8 Å². The molecule has 4 heteroatoms. The monoisotopic (exact) mass is 264 g/mol. The van der Waals surface area contributed by atoms with Gasteiger partial charge in [0.2, 0.25) is 0 Å². The highest BCUT2D eigenvalue weighted by Gasteiger charge is 2.05. The Bertz CT molecular complexity index is 570. The van der Waals surface area contributed by atoms with Crippen molar-refractivity contribution in [3.8, 4) is 0 Å². The summed E-state index contributed by atoms with van der Waals surface area (Å²) in [7, 11) is 0. The van der Waals surface area contributed by atoms with Crippen LogP contribution in [-0.2, 0) is 6.54 Å². The molecule has 0 saturated heterocycles. The third kappa shape index (κ3) is 2.74. The maximum absolute atomic E-state index is 13.5. The van der Waals surface area contributed by atoms with Gasteiger partial charge in [0.05, 0.1) is 10.7 Å². The van der Waals surface area contributed by atoms with Crippen LogP contribution in [0.3, 0.4) is 0 Å². The molecule has 0 aromatic heterocycles. The van der Waals surface area contributed by atoms with Crippen molar-refractivity contribution in [3.63, 3.8) is 0 Å². The second-order valence-electron chi connectivity index (χ2n) is 4.13. The molecule has 0 radical (unpaired) electrons. The van der Waals surface area contributed by atoms with E-state index in [0.717, 1.165) is 11.3 Å². The molecule has 18 heavy (non-hydrogen) atoms. The fourth-order valence-corrected chi connectivity index (χ4v) is 1.89. The third-order valence-electron chi connectivity index (χ3n) is 2.77. The van der Waals surface area contributed by atoms with Gasteiger partial charge in [-0.2, -0.15) is 0 Å². The van der Waals surface area contributed by atoms with Gasteiger partial charge < -0.3 is 11.1 Å². The Morgan fingerprint density at radius 1 is 1.28 bits per heavy atom. The van der Waals surface area contributed by atoms with E-state index in [2.05, 4.69) is 5.32 Å². The van der Waals surface area contributed by atoms with E-state index < -0.39 is 0 Å². The van der Waals surface area contributed by atoms with Crippen molar-refractivity contribution >= 4 is 23.0 Å². The van der Waals surface area contributed by atoms with Gasteiger partial charge in [0, 0.05) is 17.8 Å². The minimum Gasteiger partial charge on any atom is -0.398 e. The number of halogens is 2. The Morgan fingerprint density at radius 2 is 2.00 bits per heavy atom. The average Bonchev–Trinajstić information content (AvgIpc) is 2.34. The molecule has 0 saturated carbocycles. The zero-order valence-electron chi connectivity index (χ0n) is 10.0. The standard InChI is InChI=1S/C14H14ClFN2/c1-9-6-13(17)11(15)7-14(9)18-8-10-4-2-3-5-12(10)16/h2-7,18H,8,17H2,1H3. The summed E-state index contributed by atoms with van der Waals surface area (Å²) in [6.07, 6.45) is 0. The lowest BCUT2D eigenvalue weighted by atomic mass is 10.1. The molecule has 2 aromatic carbocycles. The second kappa shape index (κ2) is 5.27. The van der Waals surface area contributed by atoms with E-state index >= 15 is 0 Å². The molecule has 0 heterocycles. The number of hydrogen-bond acceptors (Lipinski definition) is 2. The van der Waals surface area contributed by atoms with Crippen molar-refractivity contribution < 1.29 is 4.39 Å². The first-order chi connectivity index (χ1) is 8.58. The van der Waals surface area contributed by atoms with Gasteiger partial charge in [-0.3, -0.25) is 0 Å². The van der Waals surface area contributed by atoms with Crippen molar-refractivity contribution in [1.82, 2.24) is 0 Å². The number of nitrogens with one attached hydrogen (secondary N) is 1. The average molecular weight is 265 g/mol. The zero-order chi connectivity index (χ0) is 13.1. The topological polar surface area (TPSA) is 38.0 Å². The first kappa shape index (κ1) is 12.7. The molecule has 0 spiro atoms. The fraction of sp³-hybridized carbons (Fsp3) is 0.143. The van der Waals surface area contributed by atoms with Crippen molar-refractivity contribution in [1.29, 1.82) is 0 Å². The van der Waals surface area contributed by atoms with E-state index in [-0.39, 0.29) is 5.82 Å². The smallest absolute Gasteiger partial charge is 0.128 e. The van der Waals surface area contributed by atoms with Crippen LogP contribution in [0.2, 0.25) is 5.02 Å². The quantitative estimate of drug-likeness (QED) is 0.823. The predicted octanol–water partition coefficient (Wildman–Crippen LogP) is 3.98. The summed E-state index contributed by atoms with van der Waals surface area (Å²) in [4.78, 5) is 0. The molecule has 2 nitrogen and oxygen atoms in total. The molecule has 94 valence electrons. The second-order valence-corrected chi connectivity index (χ2v) is 4.54. The number of benzene rings is 2. The Kier molecular flexibility index (Phi) is 3.72. The van der Waals surface area contributed by atoms with Crippen LogP contribution >= 0.6 is 11.6 Å². The fourth-order valence-electron chi connectivity index (χ4n) is 1.73. The summed E-state index contributed by atoms with van der Waals surface area (Å²) < 4.78 is 13.5. The number of nitrogen functional groups attached to an aromatic ring is 1. The SMILES string of the molecule is Cc1cc(N)c(Cl)cc1NCc1ccccc1F. The molecule has 2 aromatic rings. The van der Waals surface area contributed by atoms with Gasteiger partial charge in [0.25, 0.3) is 0 Å². The lowest BCUT2D eigenvalue weighted by Gasteiger charge is -2.12. The van der Waals surface area contributed by atoms with Gasteiger partial charge in [-0.05, 0) is 30.7 Å². The highest BCUT2D eigenvalue weighted by Crippen LogP contribution is 2.27. The molecule has 0 aliphatic carbocycles. The van der Waals surface area contributed by atoms with Crippen molar-refractivity contribution in [2.75, 3.05) is 11.1 Å². The number of anilines is 2. The number of aryl methyl sites for hydroxylation is 1. The summed E-state index contributed by atoms with van der Waals surface area (Å²) in [6.45, 7) is 2.34. The molecule has 3 N–H and O–H groups in total. The predicted molar refractivity (Wildman–Crippen MR) is 74.3 cm³/mol. The maximum Gasteiger partial charge on any atom is 0.128 e. The molecule has 0 aliphatic rings. The molecular weight excluding hydrogens is 251 g/mol. The Hall–Kier alpha value is -1.74. The van der Waals surface area contributed by atoms with Gasteiger partial charge >= 0.3 is 0 Å². The summed E-state index contributed by atoms with van der Waals surface area (Å²) in [6, 6.07) is 10.2. The van der Waals surface area contributed by atoms with Gasteiger partial charge in [0.1, 0.15) is 5.82 Å². The molecule has 0 amide bonds. The van der Waals surface area contributed by atoms with Gasteiger partial charge in [0.15, 0.2) is 0 Å². The summed E-state index contributed by atoms with van der Waals surface area (Å²) in [5, 5.41) is 3.65. The minimum atomic E-state index is -0.218. The molecule has 0 unspecified atom stereocenters. The van der Waals surface area contributed by atoms with Crippen LogP contribution < -0.4 is 11.1 Å². The number of nitrogens with two attached hydrogens (primary N) is 1. The zero-order valence-corrected chi connectivity index (χ0v) is 10.8. The highest BCUT2D eigenvalue weighted by atomic mass is 35.5. The van der Waals surface area contributed by atoms with Crippen molar-refractivity contribution in [2.24, 2.45) is 0 Å². The number of hydrogen-bond donors (Lipinski definition) is 2. The first-order valence-electron chi connectivity index (χ1n) is 5.61. The Morgan fingerprint density at radius 3 is 2.72 bits per heavy atom. The number of rotatable bonds is 3. The van der Waals surface area contributed by atoms with E-state index in [1.807, 2.05) is 13.0 Å². The molecule has 0 bridgehead atoms. The van der Waals surface area contributed by atoms with E-state index in [1.165, 1.54) is 6.07 Å². The van der Waals surface area contributed by atoms with Crippen LogP contribution in [0.1, 0.15) is 11.1 Å². The van der Waals surface area contributed by atoms with Gasteiger partial charge in [-0.15, -0.1) is 0 Å². The van der Waals surface area contributed by atoms with E-state index in [9.17, 15) is 4.39 Å². The van der Waals surface area contributed by atoms with Gasteiger partial charge in [-0.1, -0.05) is 29.8 Å². The lowest BCUT2D eigenvalue weighted by molar-refractivity contribution is 0.613. The van der Waals surface area contributed by atoms with Crippen LogP contribution in [-0.4, -0.2) is 0 Å². The van der Waals surface area contributed by atoms with Crippen molar-refractivity contribution in [2.45, 2.75) is 13.5 Å². The summed E-state index contributed by atoms with van der Waals surface area (Å²) >= 11 is 5.96.